The summed E-state index contributed by atoms with van der Waals surface area (Å²) >= 11 is 0. The number of benzene rings is 2. The minimum Gasteiger partial charge on any atom is -0.207 e. The Balaban J connectivity index is 1.96. The molecule has 26 heavy (non-hydrogen) atoms. The molecule has 0 nitrogen and oxygen atoms in total. The van der Waals surface area contributed by atoms with Gasteiger partial charge in [-0.3, -0.25) is 0 Å². The average molecular weight is 366 g/mol. The molecule has 0 saturated heterocycles. The van der Waals surface area contributed by atoms with E-state index in [1.165, 1.54) is 30.3 Å². The molecule has 0 bridgehead atoms. The highest BCUT2D eigenvalue weighted by molar-refractivity contribution is 5.65. The van der Waals surface area contributed by atoms with Crippen LogP contribution in [-0.2, 0) is 6.42 Å². The summed E-state index contributed by atoms with van der Waals surface area (Å²) in [6.07, 6.45) is -1.22. The molecule has 0 aromatic heterocycles. The van der Waals surface area contributed by atoms with Crippen molar-refractivity contribution in [2.75, 3.05) is 0 Å². The first-order valence-corrected chi connectivity index (χ1v) is 8.56. The molecule has 0 heterocycles. The first-order chi connectivity index (χ1) is 12.3. The van der Waals surface area contributed by atoms with E-state index in [4.69, 9.17) is 0 Å². The first kappa shape index (κ1) is 18.6. The van der Waals surface area contributed by atoms with E-state index in [0.717, 1.165) is 12.8 Å². The molecule has 0 amide bonds. The van der Waals surface area contributed by atoms with E-state index in [-0.39, 0.29) is 28.5 Å². The summed E-state index contributed by atoms with van der Waals surface area (Å²) in [4.78, 5) is 0. The van der Waals surface area contributed by atoms with Gasteiger partial charge in [0.1, 0.15) is 11.6 Å². The second-order valence-corrected chi connectivity index (χ2v) is 6.78. The van der Waals surface area contributed by atoms with Crippen LogP contribution in [0.4, 0.5) is 22.0 Å². The maximum Gasteiger partial charge on any atom is 0.393 e. The van der Waals surface area contributed by atoms with Crippen LogP contribution in [-0.4, -0.2) is 6.18 Å². The van der Waals surface area contributed by atoms with Crippen LogP contribution in [0.2, 0.25) is 0 Å². The van der Waals surface area contributed by atoms with Crippen molar-refractivity contribution < 1.29 is 22.0 Å². The molecule has 0 aliphatic heterocycles. The highest BCUT2D eigenvalue weighted by Crippen LogP contribution is 2.43. The van der Waals surface area contributed by atoms with Crippen molar-refractivity contribution in [2.45, 2.75) is 37.8 Å². The fourth-order valence-corrected chi connectivity index (χ4v) is 3.83. The third-order valence-electron chi connectivity index (χ3n) is 4.99. The highest BCUT2D eigenvalue weighted by atomic mass is 19.4. The zero-order valence-electron chi connectivity index (χ0n) is 14.1. The lowest BCUT2D eigenvalue weighted by atomic mass is 9.87. The van der Waals surface area contributed by atoms with E-state index in [1.54, 1.807) is 12.1 Å². The number of halogens is 5. The van der Waals surface area contributed by atoms with Crippen LogP contribution in [0.15, 0.2) is 49.1 Å². The lowest BCUT2D eigenvalue weighted by Crippen LogP contribution is -2.11. The molecule has 138 valence electrons. The third kappa shape index (κ3) is 3.97. The summed E-state index contributed by atoms with van der Waals surface area (Å²) in [5.74, 6) is -1.50. The summed E-state index contributed by atoms with van der Waals surface area (Å²) in [6, 6.07) is 8.11. The summed E-state index contributed by atoms with van der Waals surface area (Å²) in [7, 11) is 0. The molecule has 1 saturated carbocycles. The number of rotatable bonds is 4. The van der Waals surface area contributed by atoms with E-state index in [9.17, 15) is 22.0 Å². The molecule has 2 atom stereocenters. The lowest BCUT2D eigenvalue weighted by Gasteiger charge is -2.19. The minimum atomic E-state index is -4.33. The summed E-state index contributed by atoms with van der Waals surface area (Å²) in [5.41, 5.74) is 0.716. The predicted octanol–water partition coefficient (Wildman–Crippen LogP) is 6.81. The molecule has 0 N–H and O–H groups in total. The van der Waals surface area contributed by atoms with Gasteiger partial charge in [-0.15, -0.1) is 6.58 Å². The Bertz CT molecular complexity index is 783. The third-order valence-corrected chi connectivity index (χ3v) is 4.99. The zero-order valence-corrected chi connectivity index (χ0v) is 14.1. The molecule has 1 aliphatic carbocycles. The van der Waals surface area contributed by atoms with Crippen molar-refractivity contribution in [1.29, 1.82) is 0 Å². The number of hydrogen-bond acceptors (Lipinski definition) is 0. The lowest BCUT2D eigenvalue weighted by molar-refractivity contribution is -0.127. The number of hydrogen-bond donors (Lipinski definition) is 0. The fraction of sp³-hybridized carbons (Fsp3) is 0.333. The summed E-state index contributed by atoms with van der Waals surface area (Å²) < 4.78 is 67.1. The van der Waals surface area contributed by atoms with E-state index in [1.807, 2.05) is 0 Å². The maximum absolute atomic E-state index is 14.7. The van der Waals surface area contributed by atoms with Gasteiger partial charge in [0, 0.05) is 5.56 Å². The highest BCUT2D eigenvalue weighted by Gasteiger charge is 2.31. The predicted molar refractivity (Wildman–Crippen MR) is 91.8 cm³/mol. The molecule has 0 radical (unpaired) electrons. The molecule has 3 rings (SSSR count). The Hall–Kier alpha value is -2.17. The SMILES string of the molecule is C=CC1CCCC1c1c(F)cc(-c2cccc(CC(F)(F)F)c2)cc1F. The molecule has 2 aromatic carbocycles. The molecule has 1 aliphatic rings. The van der Waals surface area contributed by atoms with E-state index in [2.05, 4.69) is 6.58 Å². The molecular formula is C21H19F5. The van der Waals surface area contributed by atoms with Crippen molar-refractivity contribution in [2.24, 2.45) is 5.92 Å². The Morgan fingerprint density at radius 2 is 1.69 bits per heavy atom. The normalized spacial score (nSPS) is 20.3. The van der Waals surface area contributed by atoms with Crippen LogP contribution in [0.25, 0.3) is 11.1 Å². The van der Waals surface area contributed by atoms with E-state index >= 15 is 0 Å². The van der Waals surface area contributed by atoms with Crippen LogP contribution in [0.5, 0.6) is 0 Å². The van der Waals surface area contributed by atoms with Crippen LogP contribution in [0, 0.1) is 17.6 Å². The van der Waals surface area contributed by atoms with Gasteiger partial charge >= 0.3 is 6.18 Å². The van der Waals surface area contributed by atoms with Gasteiger partial charge in [0.25, 0.3) is 0 Å². The first-order valence-electron chi connectivity index (χ1n) is 8.56. The van der Waals surface area contributed by atoms with Crippen molar-refractivity contribution in [1.82, 2.24) is 0 Å². The molecule has 2 aromatic rings. The quantitative estimate of drug-likeness (QED) is 0.412. The average Bonchev–Trinajstić information content (AvgIpc) is 3.01. The van der Waals surface area contributed by atoms with Gasteiger partial charge in [-0.05, 0) is 53.5 Å². The molecule has 0 spiro atoms. The van der Waals surface area contributed by atoms with Crippen LogP contribution in [0.3, 0.4) is 0 Å². The van der Waals surface area contributed by atoms with Gasteiger partial charge in [-0.2, -0.15) is 13.2 Å². The molecular weight excluding hydrogens is 347 g/mol. The Kier molecular flexibility index (Phi) is 5.17. The molecule has 2 unspecified atom stereocenters. The fourth-order valence-electron chi connectivity index (χ4n) is 3.83. The maximum atomic E-state index is 14.7. The van der Waals surface area contributed by atoms with E-state index in [0.29, 0.717) is 12.0 Å². The van der Waals surface area contributed by atoms with Crippen LogP contribution < -0.4 is 0 Å². The number of allylic oxidation sites excluding steroid dienone is 1. The smallest absolute Gasteiger partial charge is 0.207 e. The van der Waals surface area contributed by atoms with Gasteiger partial charge in [0.05, 0.1) is 6.42 Å². The van der Waals surface area contributed by atoms with Gasteiger partial charge < -0.3 is 0 Å². The minimum absolute atomic E-state index is 0.0416. The van der Waals surface area contributed by atoms with Crippen LogP contribution in [0.1, 0.15) is 36.3 Å². The van der Waals surface area contributed by atoms with E-state index < -0.39 is 24.2 Å². The van der Waals surface area contributed by atoms with Crippen molar-refractivity contribution in [3.8, 4) is 11.1 Å². The molecule has 1 fully saturated rings. The molecule has 5 heteroatoms. The Labute approximate surface area is 149 Å². The van der Waals surface area contributed by atoms with Gasteiger partial charge in [0.15, 0.2) is 0 Å². The largest absolute Gasteiger partial charge is 0.393 e. The van der Waals surface area contributed by atoms with Crippen molar-refractivity contribution in [3.05, 3.63) is 71.8 Å². The van der Waals surface area contributed by atoms with Crippen molar-refractivity contribution in [3.63, 3.8) is 0 Å². The van der Waals surface area contributed by atoms with Gasteiger partial charge in [-0.25, -0.2) is 8.78 Å². The topological polar surface area (TPSA) is 0 Å². The second kappa shape index (κ2) is 7.22. The van der Waals surface area contributed by atoms with Crippen molar-refractivity contribution >= 4 is 0 Å². The number of alkyl halides is 3. The Morgan fingerprint density at radius 1 is 1.00 bits per heavy atom. The summed E-state index contributed by atoms with van der Waals surface area (Å²) in [5, 5.41) is 0. The standard InChI is InChI=1S/C21H19F5/c1-2-14-6-4-8-17(14)20-18(22)10-16(11-19(20)23)15-7-3-5-13(9-15)12-21(24,25)26/h2-3,5,7,9-11,14,17H,1,4,6,8,12H2. The van der Waals surface area contributed by atoms with Crippen LogP contribution >= 0.6 is 0 Å². The summed E-state index contributed by atoms with van der Waals surface area (Å²) in [6.45, 7) is 3.75. The van der Waals surface area contributed by atoms with Gasteiger partial charge in [-0.1, -0.05) is 36.8 Å². The second-order valence-electron chi connectivity index (χ2n) is 6.78. The van der Waals surface area contributed by atoms with Gasteiger partial charge in [0.2, 0.25) is 0 Å². The monoisotopic (exact) mass is 366 g/mol. The Morgan fingerprint density at radius 3 is 2.31 bits per heavy atom. The zero-order chi connectivity index (χ0) is 18.9.